The number of nitrogens with zero attached hydrogens (tertiary/aromatic N) is 1. The van der Waals surface area contributed by atoms with Crippen LogP contribution in [0.15, 0.2) is 11.4 Å². The number of carbonyl (C=O) groups excluding carboxylic acids is 1. The van der Waals surface area contributed by atoms with E-state index < -0.39 is 5.60 Å². The van der Waals surface area contributed by atoms with E-state index in [1.165, 1.54) is 10.4 Å². The highest BCUT2D eigenvalue weighted by molar-refractivity contribution is 7.10. The summed E-state index contributed by atoms with van der Waals surface area (Å²) in [5, 5.41) is 2.16. The van der Waals surface area contributed by atoms with Gasteiger partial charge in [0.25, 0.3) is 0 Å². The van der Waals surface area contributed by atoms with Crippen molar-refractivity contribution in [3.05, 3.63) is 21.9 Å². The zero-order valence-corrected chi connectivity index (χ0v) is 15.6. The lowest BCUT2D eigenvalue weighted by atomic mass is 9.81. The Morgan fingerprint density at radius 3 is 2.57 bits per heavy atom. The number of hydrogen-bond acceptors (Lipinski definition) is 4. The molecule has 0 atom stereocenters. The molecule has 3 rings (SSSR count). The molecule has 4 nitrogen and oxygen atoms in total. The summed E-state index contributed by atoms with van der Waals surface area (Å²) < 4.78 is 12.0. The summed E-state index contributed by atoms with van der Waals surface area (Å²) in [7, 11) is 0. The Labute approximate surface area is 142 Å². The van der Waals surface area contributed by atoms with Crippen molar-refractivity contribution in [2.45, 2.75) is 70.7 Å². The van der Waals surface area contributed by atoms with Gasteiger partial charge in [-0.25, -0.2) is 4.79 Å². The maximum absolute atomic E-state index is 12.3. The number of piperidine rings is 1. The van der Waals surface area contributed by atoms with Crippen LogP contribution in [0.4, 0.5) is 4.79 Å². The molecule has 1 saturated heterocycles. The van der Waals surface area contributed by atoms with E-state index >= 15 is 0 Å². The van der Waals surface area contributed by atoms with Gasteiger partial charge in [0.2, 0.25) is 0 Å². The first-order valence-corrected chi connectivity index (χ1v) is 9.23. The van der Waals surface area contributed by atoms with E-state index in [1.807, 2.05) is 25.7 Å². The molecule has 5 heteroatoms. The lowest BCUT2D eigenvalue weighted by Crippen LogP contribution is -2.52. The number of carbonyl (C=O) groups is 1. The molecule has 0 saturated carbocycles. The topological polar surface area (TPSA) is 38.8 Å². The van der Waals surface area contributed by atoms with Crippen molar-refractivity contribution >= 4 is 17.4 Å². The molecule has 3 heterocycles. The minimum absolute atomic E-state index is 0.151. The highest BCUT2D eigenvalue weighted by Gasteiger charge is 2.48. The molecular formula is C18H27NO3S. The van der Waals surface area contributed by atoms with Gasteiger partial charge < -0.3 is 14.4 Å². The van der Waals surface area contributed by atoms with E-state index in [0.29, 0.717) is 13.1 Å². The molecule has 0 aliphatic carbocycles. The van der Waals surface area contributed by atoms with Crippen molar-refractivity contribution in [1.82, 2.24) is 4.90 Å². The largest absolute Gasteiger partial charge is 0.444 e. The number of rotatable bonds is 0. The first-order valence-electron chi connectivity index (χ1n) is 8.35. The highest BCUT2D eigenvalue weighted by Crippen LogP contribution is 2.48. The van der Waals surface area contributed by atoms with E-state index in [1.54, 1.807) is 11.3 Å². The first kappa shape index (κ1) is 16.8. The second kappa shape index (κ2) is 5.49. The van der Waals surface area contributed by atoms with Gasteiger partial charge in [0.15, 0.2) is 0 Å². The van der Waals surface area contributed by atoms with Crippen LogP contribution >= 0.6 is 11.3 Å². The molecule has 0 aromatic carbocycles. The smallest absolute Gasteiger partial charge is 0.410 e. The fraction of sp³-hybridized carbons (Fsp3) is 0.722. The molecule has 0 radical (unpaired) electrons. The van der Waals surface area contributed by atoms with Crippen LogP contribution in [-0.4, -0.2) is 35.3 Å². The maximum atomic E-state index is 12.3. The fourth-order valence-corrected chi connectivity index (χ4v) is 4.77. The Morgan fingerprint density at radius 1 is 1.30 bits per heavy atom. The monoisotopic (exact) mass is 337 g/mol. The molecule has 0 N–H and O–H groups in total. The zero-order chi connectivity index (χ0) is 16.9. The molecule has 2 aliphatic heterocycles. The second-order valence-corrected chi connectivity index (χ2v) is 9.19. The SMILES string of the molecule is CC(C)(C)OC(=O)N1CCC2(CC1)OC(C)(C)Cc1ccsc12. The second-order valence-electron chi connectivity index (χ2n) is 8.28. The quantitative estimate of drug-likeness (QED) is 0.707. The third-order valence-corrected chi connectivity index (χ3v) is 5.61. The summed E-state index contributed by atoms with van der Waals surface area (Å²) in [6, 6.07) is 2.23. The van der Waals surface area contributed by atoms with Gasteiger partial charge in [-0.15, -0.1) is 11.3 Å². The van der Waals surface area contributed by atoms with Gasteiger partial charge in [0.05, 0.1) is 5.60 Å². The van der Waals surface area contributed by atoms with Crippen LogP contribution in [0.3, 0.4) is 0 Å². The van der Waals surface area contributed by atoms with Gasteiger partial charge in [-0.2, -0.15) is 0 Å². The summed E-state index contributed by atoms with van der Waals surface area (Å²) in [4.78, 5) is 15.4. The van der Waals surface area contributed by atoms with Crippen LogP contribution in [0, 0.1) is 0 Å². The molecule has 2 aliphatic rings. The lowest BCUT2D eigenvalue weighted by molar-refractivity contribution is -0.175. The van der Waals surface area contributed by atoms with Crippen molar-refractivity contribution in [3.63, 3.8) is 0 Å². The molecule has 0 unspecified atom stereocenters. The van der Waals surface area contributed by atoms with Gasteiger partial charge in [-0.05, 0) is 64.5 Å². The van der Waals surface area contributed by atoms with Crippen LogP contribution in [0.1, 0.15) is 57.9 Å². The fourth-order valence-electron chi connectivity index (χ4n) is 3.65. The molecule has 1 fully saturated rings. The number of hydrogen-bond donors (Lipinski definition) is 0. The zero-order valence-electron chi connectivity index (χ0n) is 14.8. The van der Waals surface area contributed by atoms with Crippen LogP contribution in [-0.2, 0) is 21.5 Å². The van der Waals surface area contributed by atoms with E-state index in [4.69, 9.17) is 9.47 Å². The van der Waals surface area contributed by atoms with Crippen LogP contribution in [0.2, 0.25) is 0 Å². The van der Waals surface area contributed by atoms with Crippen molar-refractivity contribution < 1.29 is 14.3 Å². The summed E-state index contributed by atoms with van der Waals surface area (Å²) in [6.45, 7) is 11.4. The Hall–Kier alpha value is -1.07. The van der Waals surface area contributed by atoms with E-state index in [-0.39, 0.29) is 17.3 Å². The van der Waals surface area contributed by atoms with Gasteiger partial charge in [-0.3, -0.25) is 0 Å². The Morgan fingerprint density at radius 2 is 1.96 bits per heavy atom. The maximum Gasteiger partial charge on any atom is 0.410 e. The Bertz CT molecular complexity index is 592. The van der Waals surface area contributed by atoms with Crippen LogP contribution in [0.5, 0.6) is 0 Å². The van der Waals surface area contributed by atoms with Gasteiger partial charge in [-0.1, -0.05) is 0 Å². The van der Waals surface area contributed by atoms with E-state index in [0.717, 1.165) is 19.3 Å². The Balaban J connectivity index is 1.75. The molecule has 23 heavy (non-hydrogen) atoms. The number of fused-ring (bicyclic) bond motifs is 2. The molecule has 0 bridgehead atoms. The van der Waals surface area contributed by atoms with Crippen LogP contribution < -0.4 is 0 Å². The third-order valence-electron chi connectivity index (χ3n) is 4.47. The van der Waals surface area contributed by atoms with Gasteiger partial charge >= 0.3 is 6.09 Å². The molecule has 1 spiro atoms. The summed E-state index contributed by atoms with van der Waals surface area (Å²) in [6.07, 6.45) is 2.42. The summed E-state index contributed by atoms with van der Waals surface area (Å²) >= 11 is 1.79. The van der Waals surface area contributed by atoms with Crippen molar-refractivity contribution in [2.75, 3.05) is 13.1 Å². The average Bonchev–Trinajstić information content (AvgIpc) is 2.84. The molecule has 1 amide bonds. The summed E-state index contributed by atoms with van der Waals surface area (Å²) in [5.41, 5.74) is 0.583. The van der Waals surface area contributed by atoms with Gasteiger partial charge in [0, 0.05) is 24.4 Å². The minimum atomic E-state index is -0.448. The minimum Gasteiger partial charge on any atom is -0.444 e. The van der Waals surface area contributed by atoms with Crippen molar-refractivity contribution in [3.8, 4) is 0 Å². The summed E-state index contributed by atoms with van der Waals surface area (Å²) in [5.74, 6) is 0. The number of ether oxygens (including phenoxy) is 2. The molecular weight excluding hydrogens is 310 g/mol. The highest BCUT2D eigenvalue weighted by atomic mass is 32.1. The lowest BCUT2D eigenvalue weighted by Gasteiger charge is -2.49. The predicted molar refractivity (Wildman–Crippen MR) is 91.9 cm³/mol. The molecule has 1 aromatic rings. The molecule has 1 aromatic heterocycles. The van der Waals surface area contributed by atoms with E-state index in [9.17, 15) is 4.79 Å². The van der Waals surface area contributed by atoms with Crippen LogP contribution in [0.25, 0.3) is 0 Å². The van der Waals surface area contributed by atoms with E-state index in [2.05, 4.69) is 25.3 Å². The normalized spacial score (nSPS) is 22.7. The van der Waals surface area contributed by atoms with Crippen molar-refractivity contribution in [1.29, 1.82) is 0 Å². The standard InChI is InChI=1S/C18H27NO3S/c1-16(2,3)21-15(20)19-9-7-18(8-10-19)14-13(6-11-23-14)12-17(4,5)22-18/h6,11H,7-10,12H2,1-5H3. The predicted octanol–water partition coefficient (Wildman–Crippen LogP) is 4.33. The third kappa shape index (κ3) is 3.41. The van der Waals surface area contributed by atoms with Crippen molar-refractivity contribution in [2.24, 2.45) is 0 Å². The average molecular weight is 337 g/mol. The number of likely N-dealkylation sites (tertiary alicyclic amines) is 1. The first-order chi connectivity index (χ1) is 10.6. The molecule has 128 valence electrons. The van der Waals surface area contributed by atoms with Gasteiger partial charge in [0.1, 0.15) is 11.2 Å². The Kier molecular flexibility index (Phi) is 4.00. The number of thiophene rings is 1. The number of amides is 1.